The van der Waals surface area contributed by atoms with Crippen molar-refractivity contribution in [3.05, 3.63) is 40.4 Å². The third kappa shape index (κ3) is 2.48. The largest absolute Gasteiger partial charge is 0.327 e. The van der Waals surface area contributed by atoms with Crippen LogP contribution >= 0.6 is 15.9 Å². The van der Waals surface area contributed by atoms with E-state index in [1.54, 1.807) is 0 Å². The second-order valence-corrected chi connectivity index (χ2v) is 3.01. The summed E-state index contributed by atoms with van der Waals surface area (Å²) >= 11 is 3.43. The van der Waals surface area contributed by atoms with E-state index in [9.17, 15) is 0 Å². The van der Waals surface area contributed by atoms with Gasteiger partial charge in [0.05, 0.1) is 0 Å². The quantitative estimate of drug-likeness (QED) is 0.800. The van der Waals surface area contributed by atoms with Crippen LogP contribution in [0.2, 0.25) is 0 Å². The molecule has 1 nitrogen and oxygen atoms in total. The molecule has 0 unspecified atom stereocenters. The summed E-state index contributed by atoms with van der Waals surface area (Å²) in [5.41, 5.74) is 6.49. The van der Waals surface area contributed by atoms with E-state index in [1.165, 1.54) is 0 Å². The van der Waals surface area contributed by atoms with Crippen molar-refractivity contribution in [3.63, 3.8) is 0 Å². The maximum atomic E-state index is 5.32. The highest BCUT2D eigenvalue weighted by Gasteiger charge is 1.90. The summed E-state index contributed by atoms with van der Waals surface area (Å²) in [6, 6.07) is 8.04. The summed E-state index contributed by atoms with van der Waals surface area (Å²) in [7, 11) is 0. The van der Waals surface area contributed by atoms with Crippen LogP contribution in [0.1, 0.15) is 5.56 Å². The molecule has 0 radical (unpaired) electrons. The normalized spacial score (nSPS) is 10.7. The fourth-order valence-electron chi connectivity index (χ4n) is 0.805. The lowest BCUT2D eigenvalue weighted by Gasteiger charge is -1.95. The summed E-state index contributed by atoms with van der Waals surface area (Å²) < 4.78 is 1.10. The van der Waals surface area contributed by atoms with Crippen molar-refractivity contribution in [1.82, 2.24) is 0 Å². The lowest BCUT2D eigenvalue weighted by Crippen LogP contribution is -1.91. The summed E-state index contributed by atoms with van der Waals surface area (Å²) in [6.45, 7) is 0.585. The van der Waals surface area contributed by atoms with Gasteiger partial charge in [0, 0.05) is 11.0 Å². The van der Waals surface area contributed by atoms with E-state index in [1.807, 2.05) is 36.4 Å². The van der Waals surface area contributed by atoms with Gasteiger partial charge in [-0.3, -0.25) is 0 Å². The fraction of sp³-hybridized carbons (Fsp3) is 0.111. The van der Waals surface area contributed by atoms with Crippen LogP contribution in [-0.4, -0.2) is 6.54 Å². The van der Waals surface area contributed by atoms with Crippen molar-refractivity contribution in [2.75, 3.05) is 6.54 Å². The number of hydrogen-bond acceptors (Lipinski definition) is 1. The van der Waals surface area contributed by atoms with Crippen LogP contribution in [0.4, 0.5) is 0 Å². The highest BCUT2D eigenvalue weighted by molar-refractivity contribution is 9.10. The Morgan fingerprint density at radius 3 is 2.73 bits per heavy atom. The van der Waals surface area contributed by atoms with E-state index < -0.39 is 0 Å². The maximum Gasteiger partial charge on any atom is 0.0247 e. The molecule has 0 amide bonds. The number of benzene rings is 1. The van der Waals surface area contributed by atoms with Crippen molar-refractivity contribution in [3.8, 4) is 0 Å². The monoisotopic (exact) mass is 211 g/mol. The SMILES string of the molecule is NC/C=C/c1ccccc1Br. The first-order valence-corrected chi connectivity index (χ1v) is 4.25. The molecule has 1 aromatic carbocycles. The molecule has 0 fully saturated rings. The molecule has 1 rings (SSSR count). The highest BCUT2D eigenvalue weighted by atomic mass is 79.9. The van der Waals surface area contributed by atoms with Crippen LogP contribution in [0.3, 0.4) is 0 Å². The Kier molecular flexibility index (Phi) is 3.33. The van der Waals surface area contributed by atoms with Gasteiger partial charge in [-0.15, -0.1) is 0 Å². The molecule has 0 bridgehead atoms. The first-order valence-electron chi connectivity index (χ1n) is 3.45. The van der Waals surface area contributed by atoms with Gasteiger partial charge in [0.15, 0.2) is 0 Å². The first-order chi connectivity index (χ1) is 5.34. The van der Waals surface area contributed by atoms with E-state index in [2.05, 4.69) is 15.9 Å². The Morgan fingerprint density at radius 2 is 2.09 bits per heavy atom. The summed E-state index contributed by atoms with van der Waals surface area (Å²) in [6.07, 6.45) is 3.93. The molecule has 2 N–H and O–H groups in total. The molecule has 0 heterocycles. The minimum absolute atomic E-state index is 0.585. The van der Waals surface area contributed by atoms with E-state index in [0.717, 1.165) is 10.0 Å². The number of rotatable bonds is 2. The Balaban J connectivity index is 2.86. The number of halogens is 1. The fourth-order valence-corrected chi connectivity index (χ4v) is 1.22. The summed E-state index contributed by atoms with van der Waals surface area (Å²) in [5.74, 6) is 0. The van der Waals surface area contributed by atoms with Crippen LogP contribution in [0, 0.1) is 0 Å². The minimum atomic E-state index is 0.585. The molecule has 1 aromatic rings. The predicted octanol–water partition coefficient (Wildman–Crippen LogP) is 2.42. The average Bonchev–Trinajstić information content (AvgIpc) is 2.03. The minimum Gasteiger partial charge on any atom is -0.327 e. The number of hydrogen-bond donors (Lipinski definition) is 1. The molecule has 0 saturated heterocycles. The Bertz CT molecular complexity index is 255. The van der Waals surface area contributed by atoms with E-state index >= 15 is 0 Å². The van der Waals surface area contributed by atoms with E-state index in [0.29, 0.717) is 6.54 Å². The molecular weight excluding hydrogens is 202 g/mol. The van der Waals surface area contributed by atoms with Crippen LogP contribution in [0.15, 0.2) is 34.8 Å². The molecule has 0 aliphatic rings. The highest BCUT2D eigenvalue weighted by Crippen LogP contribution is 2.16. The zero-order chi connectivity index (χ0) is 8.10. The van der Waals surface area contributed by atoms with Crippen LogP contribution in [-0.2, 0) is 0 Å². The van der Waals surface area contributed by atoms with Gasteiger partial charge in [0.25, 0.3) is 0 Å². The second kappa shape index (κ2) is 4.31. The van der Waals surface area contributed by atoms with Gasteiger partial charge in [-0.2, -0.15) is 0 Å². The van der Waals surface area contributed by atoms with Gasteiger partial charge < -0.3 is 5.73 Å². The summed E-state index contributed by atoms with van der Waals surface area (Å²) in [5, 5.41) is 0. The Labute approximate surface area is 75.0 Å². The predicted molar refractivity (Wildman–Crippen MR) is 52.2 cm³/mol. The van der Waals surface area contributed by atoms with E-state index in [-0.39, 0.29) is 0 Å². The molecule has 0 aliphatic carbocycles. The molecule has 0 spiro atoms. The van der Waals surface area contributed by atoms with Crippen LogP contribution in [0.25, 0.3) is 6.08 Å². The van der Waals surface area contributed by atoms with Gasteiger partial charge in [-0.05, 0) is 11.6 Å². The summed E-state index contributed by atoms with van der Waals surface area (Å²) in [4.78, 5) is 0. The maximum absolute atomic E-state index is 5.32. The molecule has 0 atom stereocenters. The third-order valence-corrected chi connectivity index (χ3v) is 2.06. The van der Waals surface area contributed by atoms with Crippen molar-refractivity contribution in [2.24, 2.45) is 5.73 Å². The lowest BCUT2D eigenvalue weighted by atomic mass is 10.2. The van der Waals surface area contributed by atoms with Crippen molar-refractivity contribution >= 4 is 22.0 Å². The van der Waals surface area contributed by atoms with E-state index in [4.69, 9.17) is 5.73 Å². The van der Waals surface area contributed by atoms with Crippen molar-refractivity contribution in [2.45, 2.75) is 0 Å². The molecule has 0 aliphatic heterocycles. The third-order valence-electron chi connectivity index (χ3n) is 1.34. The molecule has 0 saturated carbocycles. The van der Waals surface area contributed by atoms with Crippen molar-refractivity contribution in [1.29, 1.82) is 0 Å². The number of nitrogens with two attached hydrogens (primary N) is 1. The second-order valence-electron chi connectivity index (χ2n) is 2.16. The molecule has 58 valence electrons. The van der Waals surface area contributed by atoms with Gasteiger partial charge >= 0.3 is 0 Å². The standard InChI is InChI=1S/C9H10BrN/c10-9-6-2-1-4-8(9)5-3-7-11/h1-6H,7,11H2/b5-3+. The Morgan fingerprint density at radius 1 is 1.36 bits per heavy atom. The van der Waals surface area contributed by atoms with Gasteiger partial charge in [0.2, 0.25) is 0 Å². The topological polar surface area (TPSA) is 26.0 Å². The smallest absolute Gasteiger partial charge is 0.0247 e. The van der Waals surface area contributed by atoms with Crippen LogP contribution < -0.4 is 5.73 Å². The first kappa shape index (κ1) is 8.50. The lowest BCUT2D eigenvalue weighted by molar-refractivity contribution is 1.26. The average molecular weight is 212 g/mol. The van der Waals surface area contributed by atoms with Gasteiger partial charge in [-0.1, -0.05) is 46.3 Å². The van der Waals surface area contributed by atoms with Gasteiger partial charge in [0.1, 0.15) is 0 Å². The molecular formula is C9H10BrN. The van der Waals surface area contributed by atoms with Crippen LogP contribution in [0.5, 0.6) is 0 Å². The van der Waals surface area contributed by atoms with Crippen molar-refractivity contribution < 1.29 is 0 Å². The molecule has 0 aromatic heterocycles. The van der Waals surface area contributed by atoms with Gasteiger partial charge in [-0.25, -0.2) is 0 Å². The molecule has 2 heteroatoms. The molecule has 11 heavy (non-hydrogen) atoms. The Hall–Kier alpha value is -0.600. The zero-order valence-electron chi connectivity index (χ0n) is 6.13. The zero-order valence-corrected chi connectivity index (χ0v) is 7.71.